The summed E-state index contributed by atoms with van der Waals surface area (Å²) in [4.78, 5) is 0. The third-order valence-corrected chi connectivity index (χ3v) is 2.71. The molecule has 1 unspecified atom stereocenters. The van der Waals surface area contributed by atoms with Gasteiger partial charge in [0.15, 0.2) is 0 Å². The molecule has 0 saturated heterocycles. The Labute approximate surface area is 90.2 Å². The van der Waals surface area contributed by atoms with Gasteiger partial charge in [-0.05, 0) is 26.2 Å². The molecule has 1 nitrogen and oxygen atoms in total. The van der Waals surface area contributed by atoms with Crippen molar-refractivity contribution in [2.45, 2.75) is 72.3 Å². The van der Waals surface area contributed by atoms with Crippen LogP contribution in [-0.4, -0.2) is 12.7 Å². The topological polar surface area (TPSA) is 9.23 Å². The fraction of sp³-hybridized carbons (Fsp3) is 1.00. The second kappa shape index (κ2) is 9.51. The highest BCUT2D eigenvalue weighted by molar-refractivity contribution is 4.57. The van der Waals surface area contributed by atoms with Crippen LogP contribution in [0.1, 0.15) is 66.2 Å². The van der Waals surface area contributed by atoms with Gasteiger partial charge >= 0.3 is 0 Å². The zero-order valence-electron chi connectivity index (χ0n) is 10.5. The number of ether oxygens (including phenoxy) is 1. The van der Waals surface area contributed by atoms with Gasteiger partial charge in [0.25, 0.3) is 0 Å². The van der Waals surface area contributed by atoms with Gasteiger partial charge in [0, 0.05) is 6.61 Å². The Kier molecular flexibility index (Phi) is 9.49. The fourth-order valence-electron chi connectivity index (χ4n) is 1.59. The first-order valence-electron chi connectivity index (χ1n) is 6.32. The molecule has 0 aromatic heterocycles. The lowest BCUT2D eigenvalue weighted by Crippen LogP contribution is -2.13. The van der Waals surface area contributed by atoms with Crippen LogP contribution in [0, 0.1) is 5.92 Å². The van der Waals surface area contributed by atoms with E-state index in [0.717, 1.165) is 12.5 Å². The molecule has 0 aliphatic rings. The van der Waals surface area contributed by atoms with Crippen LogP contribution in [0.3, 0.4) is 0 Å². The summed E-state index contributed by atoms with van der Waals surface area (Å²) < 4.78 is 5.65. The monoisotopic (exact) mass is 200 g/mol. The van der Waals surface area contributed by atoms with E-state index in [9.17, 15) is 0 Å². The number of unbranched alkanes of at least 4 members (excludes halogenated alkanes) is 3. The highest BCUT2D eigenvalue weighted by Gasteiger charge is 2.06. The minimum Gasteiger partial charge on any atom is -0.379 e. The molecular weight excluding hydrogens is 172 g/mol. The summed E-state index contributed by atoms with van der Waals surface area (Å²) in [6.07, 6.45) is 8.50. The van der Waals surface area contributed by atoms with Gasteiger partial charge in [0.05, 0.1) is 6.10 Å². The lowest BCUT2D eigenvalue weighted by Gasteiger charge is -2.16. The molecule has 0 rings (SSSR count). The van der Waals surface area contributed by atoms with Gasteiger partial charge in [-0.15, -0.1) is 0 Å². The summed E-state index contributed by atoms with van der Waals surface area (Å²) in [6, 6.07) is 0. The Morgan fingerprint density at radius 3 is 2.21 bits per heavy atom. The van der Waals surface area contributed by atoms with E-state index in [0.29, 0.717) is 6.10 Å². The lowest BCUT2D eigenvalue weighted by atomic mass is 9.99. The van der Waals surface area contributed by atoms with Crippen molar-refractivity contribution in [2.75, 3.05) is 6.61 Å². The van der Waals surface area contributed by atoms with Crippen molar-refractivity contribution in [3.63, 3.8) is 0 Å². The maximum Gasteiger partial charge on any atom is 0.0519 e. The van der Waals surface area contributed by atoms with Gasteiger partial charge in [0.2, 0.25) is 0 Å². The van der Waals surface area contributed by atoms with E-state index in [4.69, 9.17) is 4.74 Å². The molecular formula is C13H28O. The largest absolute Gasteiger partial charge is 0.379 e. The number of rotatable bonds is 9. The molecule has 0 fully saturated rings. The van der Waals surface area contributed by atoms with Crippen molar-refractivity contribution in [2.24, 2.45) is 5.92 Å². The van der Waals surface area contributed by atoms with Crippen LogP contribution in [0.2, 0.25) is 0 Å². The average molecular weight is 200 g/mol. The molecule has 0 aromatic carbocycles. The van der Waals surface area contributed by atoms with Crippen LogP contribution in [0.5, 0.6) is 0 Å². The molecule has 0 radical (unpaired) electrons. The third-order valence-electron chi connectivity index (χ3n) is 2.71. The van der Waals surface area contributed by atoms with Crippen LogP contribution in [0.25, 0.3) is 0 Å². The second-order valence-corrected chi connectivity index (χ2v) is 4.51. The molecule has 0 N–H and O–H groups in total. The van der Waals surface area contributed by atoms with E-state index in [1.54, 1.807) is 0 Å². The smallest absolute Gasteiger partial charge is 0.0519 e. The van der Waals surface area contributed by atoms with Crippen molar-refractivity contribution >= 4 is 0 Å². The second-order valence-electron chi connectivity index (χ2n) is 4.51. The summed E-state index contributed by atoms with van der Waals surface area (Å²) in [6.45, 7) is 9.72. The predicted molar refractivity (Wildman–Crippen MR) is 63.6 cm³/mol. The van der Waals surface area contributed by atoms with E-state index < -0.39 is 0 Å². The van der Waals surface area contributed by atoms with Crippen molar-refractivity contribution in [1.82, 2.24) is 0 Å². The van der Waals surface area contributed by atoms with E-state index in [2.05, 4.69) is 27.7 Å². The maximum absolute atomic E-state index is 5.65. The third kappa shape index (κ3) is 8.55. The molecule has 14 heavy (non-hydrogen) atoms. The Balaban J connectivity index is 3.38. The number of hydrogen-bond donors (Lipinski definition) is 0. The standard InChI is InChI=1S/C13H28O/c1-5-7-8-9-10-13(6-2)11-14-12(3)4/h12-13H,5-11H2,1-4H3. The zero-order valence-corrected chi connectivity index (χ0v) is 10.5. The zero-order chi connectivity index (χ0) is 10.8. The molecule has 0 amide bonds. The van der Waals surface area contributed by atoms with Gasteiger partial charge in [-0.25, -0.2) is 0 Å². The first kappa shape index (κ1) is 14.0. The van der Waals surface area contributed by atoms with E-state index >= 15 is 0 Å². The summed E-state index contributed by atoms with van der Waals surface area (Å²) in [5, 5.41) is 0. The molecule has 0 aliphatic carbocycles. The maximum atomic E-state index is 5.65. The Bertz CT molecular complexity index is 110. The molecule has 0 bridgehead atoms. The van der Waals surface area contributed by atoms with Crippen LogP contribution < -0.4 is 0 Å². The normalized spacial score (nSPS) is 13.5. The van der Waals surface area contributed by atoms with Crippen molar-refractivity contribution in [1.29, 1.82) is 0 Å². The molecule has 0 aromatic rings. The van der Waals surface area contributed by atoms with Gasteiger partial charge < -0.3 is 4.74 Å². The van der Waals surface area contributed by atoms with Gasteiger partial charge in [0.1, 0.15) is 0 Å². The van der Waals surface area contributed by atoms with E-state index in [-0.39, 0.29) is 0 Å². The van der Waals surface area contributed by atoms with Gasteiger partial charge in [-0.3, -0.25) is 0 Å². The molecule has 0 heterocycles. The quantitative estimate of drug-likeness (QED) is 0.501. The lowest BCUT2D eigenvalue weighted by molar-refractivity contribution is 0.0473. The van der Waals surface area contributed by atoms with Gasteiger partial charge in [-0.1, -0.05) is 46.0 Å². The van der Waals surface area contributed by atoms with Crippen molar-refractivity contribution in [3.8, 4) is 0 Å². The van der Waals surface area contributed by atoms with E-state index in [1.807, 2.05) is 0 Å². The fourth-order valence-corrected chi connectivity index (χ4v) is 1.59. The molecule has 1 heteroatoms. The summed E-state index contributed by atoms with van der Waals surface area (Å²) in [5.74, 6) is 0.786. The van der Waals surface area contributed by atoms with Gasteiger partial charge in [-0.2, -0.15) is 0 Å². The van der Waals surface area contributed by atoms with Crippen molar-refractivity contribution < 1.29 is 4.74 Å². The molecule has 0 aliphatic heterocycles. The first-order chi connectivity index (χ1) is 6.70. The number of hydrogen-bond acceptors (Lipinski definition) is 1. The minimum atomic E-state index is 0.389. The SMILES string of the molecule is CCCCCCC(CC)COC(C)C. The molecule has 0 saturated carbocycles. The minimum absolute atomic E-state index is 0.389. The Hall–Kier alpha value is -0.0400. The Morgan fingerprint density at radius 2 is 1.71 bits per heavy atom. The van der Waals surface area contributed by atoms with E-state index in [1.165, 1.54) is 38.5 Å². The highest BCUT2D eigenvalue weighted by atomic mass is 16.5. The first-order valence-corrected chi connectivity index (χ1v) is 6.32. The summed E-state index contributed by atoms with van der Waals surface area (Å²) in [7, 11) is 0. The molecule has 1 atom stereocenters. The molecule has 0 spiro atoms. The summed E-state index contributed by atoms with van der Waals surface area (Å²) in [5.41, 5.74) is 0. The van der Waals surface area contributed by atoms with Crippen LogP contribution >= 0.6 is 0 Å². The van der Waals surface area contributed by atoms with Crippen LogP contribution in [-0.2, 0) is 4.74 Å². The molecule has 86 valence electrons. The van der Waals surface area contributed by atoms with Crippen LogP contribution in [0.4, 0.5) is 0 Å². The van der Waals surface area contributed by atoms with Crippen LogP contribution in [0.15, 0.2) is 0 Å². The summed E-state index contributed by atoms with van der Waals surface area (Å²) >= 11 is 0. The average Bonchev–Trinajstić information content (AvgIpc) is 2.16. The Morgan fingerprint density at radius 1 is 1.00 bits per heavy atom. The predicted octanol–water partition coefficient (Wildman–Crippen LogP) is 4.41. The highest BCUT2D eigenvalue weighted by Crippen LogP contribution is 2.15. The van der Waals surface area contributed by atoms with Crippen molar-refractivity contribution in [3.05, 3.63) is 0 Å².